The number of rotatable bonds is 3. The van der Waals surface area contributed by atoms with Gasteiger partial charge in [0.2, 0.25) is 5.88 Å². The summed E-state index contributed by atoms with van der Waals surface area (Å²) in [4.78, 5) is 29.9. The fourth-order valence-corrected chi connectivity index (χ4v) is 2.64. The molecule has 0 saturated heterocycles. The SMILES string of the molecule is Cn1c(O)c(C=Nc2ccc(SC#N)cc2Br)c(=O)[nH]c1=O. The Morgan fingerprint density at radius 1 is 1.50 bits per heavy atom. The highest BCUT2D eigenvalue weighted by Gasteiger charge is 2.09. The predicted molar refractivity (Wildman–Crippen MR) is 86.8 cm³/mol. The van der Waals surface area contributed by atoms with Crippen LogP contribution < -0.4 is 11.2 Å². The van der Waals surface area contributed by atoms with Crippen LogP contribution in [0.4, 0.5) is 5.69 Å². The first kappa shape index (κ1) is 16.1. The molecule has 1 aromatic carbocycles. The Balaban J connectivity index is 2.42. The number of thiocyanates is 1. The molecule has 1 aromatic heterocycles. The number of nitrogens with zero attached hydrogens (tertiary/aromatic N) is 3. The molecule has 0 bridgehead atoms. The fourth-order valence-electron chi connectivity index (χ4n) is 1.59. The van der Waals surface area contributed by atoms with Gasteiger partial charge in [-0.2, -0.15) is 5.26 Å². The fraction of sp³-hybridized carbons (Fsp3) is 0.0769. The molecule has 0 unspecified atom stereocenters. The summed E-state index contributed by atoms with van der Waals surface area (Å²) in [6.07, 6.45) is 1.17. The number of H-pyrrole nitrogens is 1. The molecule has 0 radical (unpaired) electrons. The third kappa shape index (κ3) is 3.29. The molecule has 0 saturated carbocycles. The van der Waals surface area contributed by atoms with E-state index in [0.29, 0.717) is 10.2 Å². The van der Waals surface area contributed by atoms with E-state index in [9.17, 15) is 14.7 Å². The number of hydrogen-bond acceptors (Lipinski definition) is 6. The van der Waals surface area contributed by atoms with Gasteiger partial charge in [0.1, 0.15) is 11.0 Å². The molecular formula is C13H9BrN4O3S. The number of aromatic amines is 1. The van der Waals surface area contributed by atoms with Gasteiger partial charge < -0.3 is 5.11 Å². The normalized spacial score (nSPS) is 10.8. The average Bonchev–Trinajstić information content (AvgIpc) is 2.47. The van der Waals surface area contributed by atoms with Crippen LogP contribution in [0.15, 0.2) is 42.1 Å². The third-order valence-corrected chi connectivity index (χ3v) is 3.96. The van der Waals surface area contributed by atoms with E-state index in [-0.39, 0.29) is 5.56 Å². The second-order valence-electron chi connectivity index (χ2n) is 4.12. The van der Waals surface area contributed by atoms with E-state index in [0.717, 1.165) is 21.2 Å². The van der Waals surface area contributed by atoms with E-state index in [1.165, 1.54) is 13.3 Å². The molecular weight excluding hydrogens is 372 g/mol. The third-order valence-electron chi connectivity index (χ3n) is 2.74. The molecule has 0 atom stereocenters. The van der Waals surface area contributed by atoms with Crippen LogP contribution in [0.25, 0.3) is 0 Å². The van der Waals surface area contributed by atoms with Gasteiger partial charge in [-0.1, -0.05) is 0 Å². The molecule has 2 rings (SSSR count). The Hall–Kier alpha value is -2.31. The maximum absolute atomic E-state index is 11.7. The molecule has 0 spiro atoms. The number of benzene rings is 1. The minimum absolute atomic E-state index is 0.121. The molecule has 0 fully saturated rings. The molecule has 0 aliphatic rings. The lowest BCUT2D eigenvalue weighted by molar-refractivity contribution is 0.417. The van der Waals surface area contributed by atoms with Gasteiger partial charge in [0.05, 0.1) is 5.69 Å². The lowest BCUT2D eigenvalue weighted by Gasteiger charge is -2.03. The summed E-state index contributed by atoms with van der Waals surface area (Å²) < 4.78 is 1.54. The summed E-state index contributed by atoms with van der Waals surface area (Å²) in [6, 6.07) is 5.08. The van der Waals surface area contributed by atoms with Crippen LogP contribution in [-0.2, 0) is 7.05 Å². The second kappa shape index (κ2) is 6.64. The molecule has 112 valence electrons. The number of aromatic hydroxyl groups is 1. The summed E-state index contributed by atoms with van der Waals surface area (Å²) in [7, 11) is 1.33. The Morgan fingerprint density at radius 2 is 2.23 bits per heavy atom. The summed E-state index contributed by atoms with van der Waals surface area (Å²) in [6.45, 7) is 0. The van der Waals surface area contributed by atoms with Gasteiger partial charge in [-0.3, -0.25) is 19.3 Å². The van der Waals surface area contributed by atoms with Crippen molar-refractivity contribution in [3.05, 3.63) is 49.1 Å². The highest BCUT2D eigenvalue weighted by molar-refractivity contribution is 9.10. The van der Waals surface area contributed by atoms with Crippen molar-refractivity contribution in [2.45, 2.75) is 4.90 Å². The average molecular weight is 381 g/mol. The van der Waals surface area contributed by atoms with Crippen LogP contribution in [0.3, 0.4) is 0 Å². The van der Waals surface area contributed by atoms with Gasteiger partial charge in [-0.25, -0.2) is 4.79 Å². The summed E-state index contributed by atoms with van der Waals surface area (Å²) >= 11 is 4.33. The monoisotopic (exact) mass is 380 g/mol. The van der Waals surface area contributed by atoms with Gasteiger partial charge in [0.15, 0.2) is 0 Å². The van der Waals surface area contributed by atoms with E-state index in [1.807, 2.05) is 5.40 Å². The molecule has 9 heteroatoms. The highest BCUT2D eigenvalue weighted by atomic mass is 79.9. The smallest absolute Gasteiger partial charge is 0.330 e. The molecule has 2 aromatic rings. The first-order chi connectivity index (χ1) is 10.4. The first-order valence-electron chi connectivity index (χ1n) is 5.86. The number of hydrogen-bond donors (Lipinski definition) is 2. The van der Waals surface area contributed by atoms with Crippen molar-refractivity contribution in [2.75, 3.05) is 0 Å². The van der Waals surface area contributed by atoms with E-state index in [1.54, 1.807) is 18.2 Å². The van der Waals surface area contributed by atoms with E-state index in [2.05, 4.69) is 25.9 Å². The molecule has 7 nitrogen and oxygen atoms in total. The van der Waals surface area contributed by atoms with Gasteiger partial charge in [-0.05, 0) is 45.9 Å². The first-order valence-corrected chi connectivity index (χ1v) is 7.47. The van der Waals surface area contributed by atoms with Crippen molar-refractivity contribution in [3.63, 3.8) is 0 Å². The maximum atomic E-state index is 11.7. The van der Waals surface area contributed by atoms with E-state index in [4.69, 9.17) is 5.26 Å². The molecule has 22 heavy (non-hydrogen) atoms. The second-order valence-corrected chi connectivity index (χ2v) is 5.83. The largest absolute Gasteiger partial charge is 0.494 e. The Morgan fingerprint density at radius 3 is 2.86 bits per heavy atom. The van der Waals surface area contributed by atoms with Crippen molar-refractivity contribution in [2.24, 2.45) is 12.0 Å². The minimum atomic E-state index is -0.725. The van der Waals surface area contributed by atoms with Gasteiger partial charge in [-0.15, -0.1) is 0 Å². The number of nitriles is 1. The molecule has 1 heterocycles. The lowest BCUT2D eigenvalue weighted by atomic mass is 10.3. The Bertz CT molecular complexity index is 911. The Kier molecular flexibility index (Phi) is 4.85. The van der Waals surface area contributed by atoms with Crippen molar-refractivity contribution in [1.29, 1.82) is 5.26 Å². The number of aliphatic imine (C=N–C) groups is 1. The van der Waals surface area contributed by atoms with Crippen molar-refractivity contribution in [1.82, 2.24) is 9.55 Å². The maximum Gasteiger partial charge on any atom is 0.330 e. The quantitative estimate of drug-likeness (QED) is 0.479. The predicted octanol–water partition coefficient (Wildman–Crippen LogP) is 1.87. The number of thioether (sulfide) groups is 1. The van der Waals surface area contributed by atoms with Gasteiger partial charge in [0.25, 0.3) is 5.56 Å². The van der Waals surface area contributed by atoms with Gasteiger partial charge in [0, 0.05) is 22.6 Å². The van der Waals surface area contributed by atoms with Crippen LogP contribution in [0, 0.1) is 10.7 Å². The summed E-state index contributed by atoms with van der Waals surface area (Å²) in [5, 5.41) is 20.4. The Labute approximate surface area is 137 Å². The van der Waals surface area contributed by atoms with Crippen molar-refractivity contribution in [3.8, 4) is 11.3 Å². The number of nitrogens with one attached hydrogen (secondary N) is 1. The number of halogens is 1. The van der Waals surface area contributed by atoms with Crippen LogP contribution in [0.5, 0.6) is 5.88 Å². The molecule has 0 amide bonds. The highest BCUT2D eigenvalue weighted by Crippen LogP contribution is 2.30. The van der Waals surface area contributed by atoms with Crippen LogP contribution >= 0.6 is 27.7 Å². The zero-order chi connectivity index (χ0) is 16.3. The van der Waals surface area contributed by atoms with Crippen molar-refractivity contribution < 1.29 is 5.11 Å². The summed E-state index contributed by atoms with van der Waals surface area (Å²) in [5.74, 6) is -0.467. The standard InChI is InChI=1S/C13H9BrN4O3S/c1-18-12(20)8(11(19)17-13(18)21)5-16-10-3-2-7(22-6-15)4-9(10)14/h2-5,20H,1H3,(H,17,19,21). The zero-order valence-corrected chi connectivity index (χ0v) is 13.6. The van der Waals surface area contributed by atoms with Crippen LogP contribution in [0.2, 0.25) is 0 Å². The zero-order valence-electron chi connectivity index (χ0n) is 11.2. The van der Waals surface area contributed by atoms with E-state index < -0.39 is 17.1 Å². The minimum Gasteiger partial charge on any atom is -0.494 e. The lowest BCUT2D eigenvalue weighted by Crippen LogP contribution is -2.30. The molecule has 0 aliphatic heterocycles. The molecule has 2 N–H and O–H groups in total. The van der Waals surface area contributed by atoms with Crippen LogP contribution in [-0.4, -0.2) is 20.9 Å². The molecule has 0 aliphatic carbocycles. The summed E-state index contributed by atoms with van der Waals surface area (Å²) in [5.41, 5.74) is -1.05. The number of aromatic nitrogens is 2. The van der Waals surface area contributed by atoms with Crippen molar-refractivity contribution >= 4 is 39.6 Å². The topological polar surface area (TPSA) is 111 Å². The van der Waals surface area contributed by atoms with Crippen LogP contribution in [0.1, 0.15) is 5.56 Å². The van der Waals surface area contributed by atoms with E-state index >= 15 is 0 Å². The van der Waals surface area contributed by atoms with Gasteiger partial charge >= 0.3 is 5.69 Å².